The first-order valence-electron chi connectivity index (χ1n) is 16.9. The molecule has 0 aliphatic heterocycles. The van der Waals surface area contributed by atoms with Crippen molar-refractivity contribution in [1.82, 2.24) is 18.8 Å². The topological polar surface area (TPSA) is 43.8 Å². The standard InChI is InChI=1S/C45H28N4O/c1-27-10-5-6-13-31(27)39-26-48-40-17-8-7-14-34(40)33-20-18-29(24-38(33)44(48)47-39)50-30-19-21-35-36-15-9-16-37-42-32(28-11-3-2-4-12-28)22-23-46-45(42)49(43(36)37)41(35)25-30/h2-26H,1H3. The minimum Gasteiger partial charge on any atom is -0.457 e. The molecule has 0 saturated heterocycles. The van der Waals surface area contributed by atoms with Gasteiger partial charge in [-0.3, -0.25) is 8.80 Å². The van der Waals surface area contributed by atoms with E-state index in [1.54, 1.807) is 0 Å². The van der Waals surface area contributed by atoms with Crippen molar-refractivity contribution in [2.75, 3.05) is 0 Å². The zero-order chi connectivity index (χ0) is 32.9. The van der Waals surface area contributed by atoms with Crippen molar-refractivity contribution in [2.45, 2.75) is 6.92 Å². The number of pyridine rings is 2. The fraction of sp³-hybridized carbons (Fsp3) is 0.0222. The van der Waals surface area contributed by atoms with Gasteiger partial charge in [0, 0.05) is 56.3 Å². The molecule has 0 spiro atoms. The zero-order valence-electron chi connectivity index (χ0n) is 27.1. The van der Waals surface area contributed by atoms with E-state index in [0.717, 1.165) is 55.9 Å². The molecule has 0 N–H and O–H groups in total. The Bertz CT molecular complexity index is 3140. The van der Waals surface area contributed by atoms with Gasteiger partial charge >= 0.3 is 0 Å². The van der Waals surface area contributed by atoms with E-state index < -0.39 is 0 Å². The second-order valence-corrected chi connectivity index (χ2v) is 13.1. The summed E-state index contributed by atoms with van der Waals surface area (Å²) in [7, 11) is 0. The molecule has 5 heteroatoms. The lowest BCUT2D eigenvalue weighted by Crippen LogP contribution is -1.91. The van der Waals surface area contributed by atoms with Crippen LogP contribution in [-0.2, 0) is 0 Å². The number of hydrogen-bond acceptors (Lipinski definition) is 3. The van der Waals surface area contributed by atoms with Crippen molar-refractivity contribution < 1.29 is 4.74 Å². The van der Waals surface area contributed by atoms with Gasteiger partial charge in [-0.15, -0.1) is 0 Å². The number of para-hydroxylation sites is 2. The fourth-order valence-electron chi connectivity index (χ4n) is 8.07. The second-order valence-electron chi connectivity index (χ2n) is 13.1. The summed E-state index contributed by atoms with van der Waals surface area (Å²) in [5.74, 6) is 1.53. The van der Waals surface area contributed by atoms with Crippen LogP contribution in [0.2, 0.25) is 0 Å². The molecule has 11 rings (SSSR count). The molecular formula is C45H28N4O. The van der Waals surface area contributed by atoms with E-state index >= 15 is 0 Å². The number of imidazole rings is 1. The predicted octanol–water partition coefficient (Wildman–Crippen LogP) is 11.6. The van der Waals surface area contributed by atoms with Crippen molar-refractivity contribution in [3.05, 3.63) is 157 Å². The van der Waals surface area contributed by atoms with Gasteiger partial charge in [-0.2, -0.15) is 0 Å². The highest BCUT2D eigenvalue weighted by atomic mass is 16.5. The third-order valence-electron chi connectivity index (χ3n) is 10.3. The number of rotatable bonds is 4. The Morgan fingerprint density at radius 3 is 2.18 bits per heavy atom. The van der Waals surface area contributed by atoms with Crippen molar-refractivity contribution in [3.63, 3.8) is 0 Å². The third kappa shape index (κ3) is 3.77. The van der Waals surface area contributed by atoms with Gasteiger partial charge in [-0.05, 0) is 71.5 Å². The number of benzene rings is 6. The second kappa shape index (κ2) is 10.1. The molecule has 0 unspecified atom stereocenters. The van der Waals surface area contributed by atoms with Crippen LogP contribution < -0.4 is 4.74 Å². The normalized spacial score (nSPS) is 12.1. The predicted molar refractivity (Wildman–Crippen MR) is 205 cm³/mol. The van der Waals surface area contributed by atoms with Gasteiger partial charge in [0.15, 0.2) is 0 Å². The van der Waals surface area contributed by atoms with Crippen LogP contribution in [0.1, 0.15) is 5.56 Å². The quantitative estimate of drug-likeness (QED) is 0.180. The van der Waals surface area contributed by atoms with Crippen molar-refractivity contribution in [1.29, 1.82) is 0 Å². The summed E-state index contributed by atoms with van der Waals surface area (Å²) in [5, 5.41) is 8.14. The summed E-state index contributed by atoms with van der Waals surface area (Å²) in [6.07, 6.45) is 4.08. The van der Waals surface area contributed by atoms with Crippen molar-refractivity contribution in [2.24, 2.45) is 0 Å². The minimum atomic E-state index is 0.762. The molecule has 0 atom stereocenters. The fourth-order valence-corrected chi connectivity index (χ4v) is 8.07. The Morgan fingerprint density at radius 2 is 1.28 bits per heavy atom. The van der Waals surface area contributed by atoms with E-state index in [2.05, 4.69) is 161 Å². The smallest absolute Gasteiger partial charge is 0.146 e. The van der Waals surface area contributed by atoms with Gasteiger partial charge in [0.25, 0.3) is 0 Å². The van der Waals surface area contributed by atoms with Crippen LogP contribution in [0.15, 0.2) is 152 Å². The largest absolute Gasteiger partial charge is 0.457 e. The van der Waals surface area contributed by atoms with E-state index in [1.807, 2.05) is 6.20 Å². The van der Waals surface area contributed by atoms with Crippen LogP contribution >= 0.6 is 0 Å². The van der Waals surface area contributed by atoms with Gasteiger partial charge < -0.3 is 4.74 Å². The monoisotopic (exact) mass is 640 g/mol. The highest BCUT2D eigenvalue weighted by Crippen LogP contribution is 2.43. The summed E-state index contributed by atoms with van der Waals surface area (Å²) in [6, 6.07) is 49.0. The van der Waals surface area contributed by atoms with Gasteiger partial charge in [0.2, 0.25) is 0 Å². The Labute approximate surface area is 286 Å². The first-order chi connectivity index (χ1) is 24.7. The molecule has 0 fully saturated rings. The first-order valence-corrected chi connectivity index (χ1v) is 16.9. The maximum atomic E-state index is 6.69. The molecule has 0 aliphatic rings. The van der Waals surface area contributed by atoms with Gasteiger partial charge in [-0.25, -0.2) is 9.97 Å². The molecule has 0 amide bonds. The minimum absolute atomic E-state index is 0.762. The molecule has 0 saturated carbocycles. The third-order valence-corrected chi connectivity index (χ3v) is 10.3. The van der Waals surface area contributed by atoms with Crippen LogP contribution in [0, 0.1) is 6.92 Å². The average Bonchev–Trinajstić information content (AvgIpc) is 3.86. The highest BCUT2D eigenvalue weighted by molar-refractivity contribution is 6.25. The molecule has 5 aromatic heterocycles. The molecule has 5 heterocycles. The highest BCUT2D eigenvalue weighted by Gasteiger charge is 2.21. The van der Waals surface area contributed by atoms with Gasteiger partial charge in [0.1, 0.15) is 22.8 Å². The summed E-state index contributed by atoms with van der Waals surface area (Å²) in [4.78, 5) is 10.2. The lowest BCUT2D eigenvalue weighted by molar-refractivity contribution is 0.484. The van der Waals surface area contributed by atoms with E-state index in [9.17, 15) is 0 Å². The summed E-state index contributed by atoms with van der Waals surface area (Å²) >= 11 is 0. The van der Waals surface area contributed by atoms with Crippen LogP contribution in [0.3, 0.4) is 0 Å². The maximum Gasteiger partial charge on any atom is 0.146 e. The van der Waals surface area contributed by atoms with Crippen LogP contribution in [-0.4, -0.2) is 18.8 Å². The Morgan fingerprint density at radius 1 is 0.540 bits per heavy atom. The molecule has 0 radical (unpaired) electrons. The summed E-state index contributed by atoms with van der Waals surface area (Å²) < 4.78 is 11.2. The lowest BCUT2D eigenvalue weighted by Gasteiger charge is -2.11. The van der Waals surface area contributed by atoms with E-state index in [0.29, 0.717) is 0 Å². The maximum absolute atomic E-state index is 6.69. The Hall–Kier alpha value is -6.72. The van der Waals surface area contributed by atoms with Crippen molar-refractivity contribution >= 4 is 65.5 Å². The van der Waals surface area contributed by atoms with Gasteiger partial charge in [-0.1, -0.05) is 91.0 Å². The Kier molecular flexibility index (Phi) is 5.53. The van der Waals surface area contributed by atoms with Crippen LogP contribution in [0.5, 0.6) is 11.5 Å². The number of aryl methyl sites for hydroxylation is 1. The zero-order valence-corrected chi connectivity index (χ0v) is 27.1. The number of ether oxygens (including phenoxy) is 1. The molecule has 0 aliphatic carbocycles. The molecular weight excluding hydrogens is 613 g/mol. The molecule has 50 heavy (non-hydrogen) atoms. The molecule has 0 bridgehead atoms. The number of hydrogen-bond donors (Lipinski definition) is 0. The summed E-state index contributed by atoms with van der Waals surface area (Å²) in [6.45, 7) is 2.14. The van der Waals surface area contributed by atoms with Crippen molar-refractivity contribution in [3.8, 4) is 33.9 Å². The van der Waals surface area contributed by atoms with Gasteiger partial charge in [0.05, 0.1) is 22.2 Å². The SMILES string of the molecule is Cc1ccccc1-c1cn2c3ccccc3c3ccc(Oc4ccc5c6cccc7c8c(-c9ccccc9)ccnc8n(c5c4)c67)cc3c2n1. The molecule has 5 nitrogen and oxygen atoms in total. The molecule has 11 aromatic rings. The molecule has 234 valence electrons. The number of fused-ring (bicyclic) bond motifs is 12. The average molecular weight is 641 g/mol. The van der Waals surface area contributed by atoms with Crippen LogP contribution in [0.4, 0.5) is 0 Å². The Balaban J connectivity index is 1.09. The van der Waals surface area contributed by atoms with E-state index in [4.69, 9.17) is 14.7 Å². The summed E-state index contributed by atoms with van der Waals surface area (Å²) in [5.41, 5.74) is 10.9. The lowest BCUT2D eigenvalue weighted by atomic mass is 10.0. The van der Waals surface area contributed by atoms with E-state index in [-0.39, 0.29) is 0 Å². The number of nitrogens with zero attached hydrogens (tertiary/aromatic N) is 4. The first kappa shape index (κ1) is 27.3. The number of aromatic nitrogens is 4. The molecule has 6 aromatic carbocycles. The van der Waals surface area contributed by atoms with E-state index in [1.165, 1.54) is 49.1 Å². The van der Waals surface area contributed by atoms with Crippen LogP contribution in [0.25, 0.3) is 87.9 Å².